The van der Waals surface area contributed by atoms with Crippen molar-refractivity contribution in [1.29, 1.82) is 0 Å². The highest BCUT2D eigenvalue weighted by Gasteiger charge is 2.47. The number of phenolic OH excluding ortho intramolecular Hbond substituents is 1. The van der Waals surface area contributed by atoms with Gasteiger partial charge in [-0.15, -0.1) is 0 Å². The van der Waals surface area contributed by atoms with Gasteiger partial charge in [0.15, 0.2) is 0 Å². The lowest BCUT2D eigenvalue weighted by Gasteiger charge is -2.17. The first-order chi connectivity index (χ1) is 9.56. The summed E-state index contributed by atoms with van der Waals surface area (Å²) in [7, 11) is 0. The van der Waals surface area contributed by atoms with E-state index >= 15 is 0 Å². The molecule has 2 aliphatic rings. The van der Waals surface area contributed by atoms with Gasteiger partial charge in [0, 0.05) is 6.07 Å². The summed E-state index contributed by atoms with van der Waals surface area (Å²) in [5.41, 5.74) is -0.0200. The molecular formula is C13H14FNO5. The Morgan fingerprint density at radius 2 is 2.05 bits per heavy atom. The maximum atomic E-state index is 12.9. The molecule has 2 saturated heterocycles. The monoisotopic (exact) mass is 283 g/mol. The van der Waals surface area contributed by atoms with Crippen LogP contribution in [-0.2, 0) is 9.47 Å². The molecule has 0 aromatic heterocycles. The van der Waals surface area contributed by atoms with Crippen LogP contribution in [0.2, 0.25) is 0 Å². The second-order valence-corrected chi connectivity index (χ2v) is 4.90. The van der Waals surface area contributed by atoms with Gasteiger partial charge in [-0.25, -0.2) is 4.39 Å². The van der Waals surface area contributed by atoms with E-state index in [-0.39, 0.29) is 18.8 Å². The standard InChI is InChI=1S/C13H14FNO5/c14-6-1-2-7(9(16)3-6)13(18)15-8-4-19-12-10(17)5-20-11(8)12/h1-3,8,10-12,16-17H,4-5H2,(H,15,18)/t8-,10-,11-,12-/m1/s1. The molecule has 7 heteroatoms. The zero-order chi connectivity index (χ0) is 14.3. The summed E-state index contributed by atoms with van der Waals surface area (Å²) in [6.07, 6.45) is -1.54. The van der Waals surface area contributed by atoms with Gasteiger partial charge in [0.2, 0.25) is 0 Å². The van der Waals surface area contributed by atoms with Crippen molar-refractivity contribution in [2.75, 3.05) is 13.2 Å². The Morgan fingerprint density at radius 3 is 2.80 bits per heavy atom. The van der Waals surface area contributed by atoms with E-state index in [1.807, 2.05) is 0 Å². The van der Waals surface area contributed by atoms with Crippen molar-refractivity contribution in [1.82, 2.24) is 5.32 Å². The molecule has 4 atom stereocenters. The topological polar surface area (TPSA) is 88.0 Å². The van der Waals surface area contributed by atoms with Gasteiger partial charge in [-0.2, -0.15) is 0 Å². The van der Waals surface area contributed by atoms with Crippen LogP contribution in [0.1, 0.15) is 10.4 Å². The number of aromatic hydroxyl groups is 1. The zero-order valence-corrected chi connectivity index (χ0v) is 10.5. The molecule has 2 aliphatic heterocycles. The molecule has 20 heavy (non-hydrogen) atoms. The van der Waals surface area contributed by atoms with Gasteiger partial charge < -0.3 is 25.0 Å². The van der Waals surface area contributed by atoms with Crippen LogP contribution >= 0.6 is 0 Å². The molecule has 0 saturated carbocycles. The van der Waals surface area contributed by atoms with Crippen LogP contribution in [0.15, 0.2) is 18.2 Å². The first-order valence-corrected chi connectivity index (χ1v) is 6.27. The van der Waals surface area contributed by atoms with Crippen molar-refractivity contribution in [3.05, 3.63) is 29.6 Å². The van der Waals surface area contributed by atoms with Gasteiger partial charge in [-0.05, 0) is 12.1 Å². The number of ether oxygens (including phenoxy) is 2. The zero-order valence-electron chi connectivity index (χ0n) is 10.5. The number of benzene rings is 1. The minimum absolute atomic E-state index is 0.0200. The Hall–Kier alpha value is -1.70. The fourth-order valence-electron chi connectivity index (χ4n) is 2.55. The molecule has 0 bridgehead atoms. The number of fused-ring (bicyclic) bond motifs is 1. The van der Waals surface area contributed by atoms with Crippen LogP contribution in [0.3, 0.4) is 0 Å². The number of hydrogen-bond donors (Lipinski definition) is 3. The summed E-state index contributed by atoms with van der Waals surface area (Å²) < 4.78 is 23.6. The van der Waals surface area contributed by atoms with E-state index in [1.165, 1.54) is 6.07 Å². The third kappa shape index (κ3) is 2.24. The smallest absolute Gasteiger partial charge is 0.255 e. The molecule has 3 rings (SSSR count). The summed E-state index contributed by atoms with van der Waals surface area (Å²) in [4.78, 5) is 12.0. The third-order valence-electron chi connectivity index (χ3n) is 3.55. The first-order valence-electron chi connectivity index (χ1n) is 6.27. The maximum Gasteiger partial charge on any atom is 0.255 e. The molecule has 0 unspecified atom stereocenters. The van der Waals surface area contributed by atoms with Crippen molar-refractivity contribution in [2.45, 2.75) is 24.4 Å². The van der Waals surface area contributed by atoms with Gasteiger partial charge in [0.1, 0.15) is 29.9 Å². The Balaban J connectivity index is 1.70. The number of nitrogens with one attached hydrogen (secondary N) is 1. The lowest BCUT2D eigenvalue weighted by Crippen LogP contribution is -2.44. The number of aliphatic hydroxyl groups excluding tert-OH is 1. The van der Waals surface area contributed by atoms with Gasteiger partial charge in [-0.1, -0.05) is 0 Å². The predicted molar refractivity (Wildman–Crippen MR) is 64.8 cm³/mol. The van der Waals surface area contributed by atoms with E-state index in [9.17, 15) is 19.4 Å². The average molecular weight is 283 g/mol. The average Bonchev–Trinajstić information content (AvgIpc) is 2.94. The largest absolute Gasteiger partial charge is 0.507 e. The number of amides is 1. The van der Waals surface area contributed by atoms with E-state index < -0.39 is 41.8 Å². The van der Waals surface area contributed by atoms with Crippen molar-refractivity contribution in [3.8, 4) is 5.75 Å². The first kappa shape index (κ1) is 13.3. The fourth-order valence-corrected chi connectivity index (χ4v) is 2.55. The van der Waals surface area contributed by atoms with Crippen LogP contribution in [0, 0.1) is 5.82 Å². The van der Waals surface area contributed by atoms with E-state index in [0.717, 1.165) is 12.1 Å². The van der Waals surface area contributed by atoms with Crippen LogP contribution in [0.25, 0.3) is 0 Å². The molecule has 1 aromatic rings. The lowest BCUT2D eigenvalue weighted by molar-refractivity contribution is 0.0178. The SMILES string of the molecule is O=C(N[C@@H]1CO[C@H]2[C@@H]1OC[C@H]2O)c1ccc(F)cc1O. The van der Waals surface area contributed by atoms with E-state index in [4.69, 9.17) is 9.47 Å². The molecule has 6 nitrogen and oxygen atoms in total. The minimum Gasteiger partial charge on any atom is -0.507 e. The maximum absolute atomic E-state index is 12.9. The predicted octanol–water partition coefficient (Wildman–Crippen LogP) is -0.212. The summed E-state index contributed by atoms with van der Waals surface area (Å²) >= 11 is 0. The number of halogens is 1. The molecule has 2 fully saturated rings. The molecule has 0 aliphatic carbocycles. The molecule has 3 N–H and O–H groups in total. The number of hydrogen-bond acceptors (Lipinski definition) is 5. The van der Waals surface area contributed by atoms with Gasteiger partial charge in [-0.3, -0.25) is 4.79 Å². The second-order valence-electron chi connectivity index (χ2n) is 4.90. The fraction of sp³-hybridized carbons (Fsp3) is 0.462. The lowest BCUT2D eigenvalue weighted by atomic mass is 10.1. The summed E-state index contributed by atoms with van der Waals surface area (Å²) in [6.45, 7) is 0.392. The molecule has 0 spiro atoms. The van der Waals surface area contributed by atoms with Crippen molar-refractivity contribution in [3.63, 3.8) is 0 Å². The number of rotatable bonds is 2. The number of carbonyl (C=O) groups excluding carboxylic acids is 1. The van der Waals surface area contributed by atoms with Crippen LogP contribution in [-0.4, -0.2) is 53.7 Å². The summed E-state index contributed by atoms with van der Waals surface area (Å²) in [5.74, 6) is -1.59. The van der Waals surface area contributed by atoms with E-state index in [0.29, 0.717) is 0 Å². The van der Waals surface area contributed by atoms with Crippen LogP contribution < -0.4 is 5.32 Å². The summed E-state index contributed by atoms with van der Waals surface area (Å²) in [5, 5.41) is 21.8. The Labute approximate surface area is 114 Å². The van der Waals surface area contributed by atoms with E-state index in [1.54, 1.807) is 0 Å². The van der Waals surface area contributed by atoms with Gasteiger partial charge in [0.05, 0.1) is 24.8 Å². The Kier molecular flexibility index (Phi) is 3.33. The van der Waals surface area contributed by atoms with Crippen LogP contribution in [0.4, 0.5) is 4.39 Å². The van der Waals surface area contributed by atoms with Crippen LogP contribution in [0.5, 0.6) is 5.75 Å². The van der Waals surface area contributed by atoms with Crippen molar-refractivity contribution >= 4 is 5.91 Å². The molecule has 2 heterocycles. The van der Waals surface area contributed by atoms with Gasteiger partial charge in [0.25, 0.3) is 5.91 Å². The minimum atomic E-state index is -0.693. The highest BCUT2D eigenvalue weighted by molar-refractivity contribution is 5.97. The van der Waals surface area contributed by atoms with Crippen molar-refractivity contribution in [2.24, 2.45) is 0 Å². The number of aliphatic hydroxyl groups is 1. The highest BCUT2D eigenvalue weighted by atomic mass is 19.1. The van der Waals surface area contributed by atoms with Gasteiger partial charge >= 0.3 is 0 Å². The quantitative estimate of drug-likeness (QED) is 0.699. The molecule has 0 radical (unpaired) electrons. The molecular weight excluding hydrogens is 269 g/mol. The number of carbonyl (C=O) groups is 1. The van der Waals surface area contributed by atoms with E-state index in [2.05, 4.69) is 5.32 Å². The summed E-state index contributed by atoms with van der Waals surface area (Å²) in [6, 6.07) is 2.77. The third-order valence-corrected chi connectivity index (χ3v) is 3.55. The number of phenols is 1. The Bertz CT molecular complexity index is 537. The molecule has 1 aromatic carbocycles. The normalized spacial score (nSPS) is 32.1. The van der Waals surface area contributed by atoms with Crippen molar-refractivity contribution < 1.29 is 28.9 Å². The highest BCUT2D eigenvalue weighted by Crippen LogP contribution is 2.27. The Morgan fingerprint density at radius 1 is 1.30 bits per heavy atom. The molecule has 1 amide bonds. The second kappa shape index (κ2) is 5.01. The molecule has 108 valence electrons.